The molecule has 4 aromatic carbocycles. The third-order valence-corrected chi connectivity index (χ3v) is 7.18. The first-order valence-electron chi connectivity index (χ1n) is 14.4. The SMILES string of the molecule is Cc1ccc2c(c1)OC(Cl)(Cl)O2.Cc1ccc2cccnc2c1.Cc1ccc2cnccc2c1.Cc1ccc2ncccc2c1. The standard InChI is InChI=1S/3C10H9N.C8H6Cl2O2/c1-8-2-3-10-7-11-5-4-9(10)6-8;1-8-4-5-10-9(7-8)3-2-6-11-10;1-8-4-5-9-3-2-6-11-10(9)7-8;1-5-2-3-6-7(4-5)12-8(9,10)11-6/h3*2-7H,1H3;2-4H,1H3. The maximum atomic E-state index is 5.61. The minimum absolute atomic E-state index is 0.575. The molecule has 8 rings (SSSR count). The number of hydrogen-bond donors (Lipinski definition) is 0. The van der Waals surface area contributed by atoms with Crippen LogP contribution in [-0.4, -0.2) is 19.7 Å². The summed E-state index contributed by atoms with van der Waals surface area (Å²) in [5.74, 6) is 1.16. The van der Waals surface area contributed by atoms with Gasteiger partial charge >= 0.3 is 4.71 Å². The van der Waals surface area contributed by atoms with Gasteiger partial charge in [0.2, 0.25) is 0 Å². The molecule has 7 aromatic rings. The number of aromatic nitrogens is 3. The molecular weight excluding hydrogens is 601 g/mol. The van der Waals surface area contributed by atoms with Crippen molar-refractivity contribution in [2.24, 2.45) is 0 Å². The van der Waals surface area contributed by atoms with Crippen LogP contribution in [0.4, 0.5) is 0 Å². The van der Waals surface area contributed by atoms with Gasteiger partial charge in [0.25, 0.3) is 0 Å². The Labute approximate surface area is 273 Å². The summed E-state index contributed by atoms with van der Waals surface area (Å²) < 4.78 is 8.58. The Morgan fingerprint density at radius 1 is 0.489 bits per heavy atom. The topological polar surface area (TPSA) is 57.1 Å². The van der Waals surface area contributed by atoms with E-state index in [1.165, 1.54) is 38.2 Å². The number of pyridine rings is 3. The molecule has 0 saturated heterocycles. The molecule has 1 aliphatic rings. The minimum Gasteiger partial charge on any atom is -0.423 e. The molecule has 0 bridgehead atoms. The van der Waals surface area contributed by atoms with Gasteiger partial charge in [0.05, 0.1) is 11.0 Å². The smallest absolute Gasteiger partial charge is 0.419 e. The summed E-state index contributed by atoms with van der Waals surface area (Å²) in [6.07, 6.45) is 7.34. The van der Waals surface area contributed by atoms with Crippen molar-refractivity contribution in [1.29, 1.82) is 0 Å². The van der Waals surface area contributed by atoms with E-state index in [4.69, 9.17) is 32.7 Å². The van der Waals surface area contributed by atoms with Gasteiger partial charge in [-0.15, -0.1) is 0 Å². The number of hydrogen-bond acceptors (Lipinski definition) is 5. The van der Waals surface area contributed by atoms with Crippen molar-refractivity contribution in [1.82, 2.24) is 15.0 Å². The Kier molecular flexibility index (Phi) is 10.1. The second-order valence-electron chi connectivity index (χ2n) is 10.7. The molecule has 45 heavy (non-hydrogen) atoms. The van der Waals surface area contributed by atoms with Gasteiger partial charge < -0.3 is 9.47 Å². The van der Waals surface area contributed by atoms with Crippen LogP contribution in [0.5, 0.6) is 11.5 Å². The third kappa shape index (κ3) is 8.91. The normalized spacial score (nSPS) is 12.3. The molecule has 0 amide bonds. The largest absolute Gasteiger partial charge is 0.423 e. The van der Waals surface area contributed by atoms with Gasteiger partial charge in [-0.3, -0.25) is 15.0 Å². The molecule has 0 spiro atoms. The molecule has 0 N–H and O–H groups in total. The number of rotatable bonds is 0. The van der Waals surface area contributed by atoms with Crippen LogP contribution in [0.1, 0.15) is 22.3 Å². The Hall–Kier alpha value is -4.71. The summed E-state index contributed by atoms with van der Waals surface area (Å²) in [4.78, 5) is 12.5. The van der Waals surface area contributed by atoms with Crippen molar-refractivity contribution in [2.75, 3.05) is 0 Å². The van der Waals surface area contributed by atoms with E-state index in [1.54, 1.807) is 6.07 Å². The average molecular weight is 635 g/mol. The lowest BCUT2D eigenvalue weighted by molar-refractivity contribution is 0.0849. The van der Waals surface area contributed by atoms with Gasteiger partial charge in [-0.1, -0.05) is 65.7 Å². The van der Waals surface area contributed by atoms with Crippen molar-refractivity contribution in [3.63, 3.8) is 0 Å². The number of benzene rings is 4. The molecule has 0 unspecified atom stereocenters. The quantitative estimate of drug-likeness (QED) is 0.155. The van der Waals surface area contributed by atoms with Gasteiger partial charge in [-0.25, -0.2) is 0 Å². The zero-order chi connectivity index (χ0) is 31.8. The van der Waals surface area contributed by atoms with Gasteiger partial charge in [0.15, 0.2) is 11.5 Å². The first-order valence-corrected chi connectivity index (χ1v) is 15.2. The number of halogens is 2. The van der Waals surface area contributed by atoms with E-state index >= 15 is 0 Å². The minimum atomic E-state index is -1.56. The molecule has 1 aliphatic heterocycles. The first kappa shape index (κ1) is 31.7. The zero-order valence-electron chi connectivity index (χ0n) is 25.5. The predicted molar refractivity (Wildman–Crippen MR) is 186 cm³/mol. The molecule has 0 aliphatic carbocycles. The average Bonchev–Trinajstić information content (AvgIpc) is 3.34. The van der Waals surface area contributed by atoms with Crippen molar-refractivity contribution in [3.8, 4) is 11.5 Å². The molecule has 3 aromatic heterocycles. The first-order chi connectivity index (χ1) is 21.6. The number of nitrogens with zero attached hydrogens (tertiary/aromatic N) is 3. The van der Waals surface area contributed by atoms with Crippen molar-refractivity contribution >= 4 is 55.8 Å². The molecular formula is C38H33Cl2N3O2. The lowest BCUT2D eigenvalue weighted by Gasteiger charge is -2.09. The van der Waals surface area contributed by atoms with Crippen LogP contribution in [0.3, 0.4) is 0 Å². The van der Waals surface area contributed by atoms with E-state index in [9.17, 15) is 0 Å². The highest BCUT2D eigenvalue weighted by atomic mass is 35.5. The molecule has 7 heteroatoms. The van der Waals surface area contributed by atoms with Crippen molar-refractivity contribution in [2.45, 2.75) is 32.4 Å². The summed E-state index contributed by atoms with van der Waals surface area (Å²) in [5.41, 5.74) is 7.05. The number of fused-ring (bicyclic) bond motifs is 4. The molecule has 5 nitrogen and oxygen atoms in total. The van der Waals surface area contributed by atoms with Crippen LogP contribution in [0.2, 0.25) is 0 Å². The van der Waals surface area contributed by atoms with E-state index in [-0.39, 0.29) is 0 Å². The fourth-order valence-corrected chi connectivity index (χ4v) is 4.96. The maximum Gasteiger partial charge on any atom is 0.419 e. The Morgan fingerprint density at radius 2 is 1.07 bits per heavy atom. The van der Waals surface area contributed by atoms with Gasteiger partial charge in [-0.05, 0) is 116 Å². The van der Waals surface area contributed by atoms with E-state index in [0.29, 0.717) is 11.5 Å². The summed E-state index contributed by atoms with van der Waals surface area (Å²) in [7, 11) is 0. The molecule has 0 radical (unpaired) electrons. The van der Waals surface area contributed by atoms with Crippen LogP contribution in [0.15, 0.2) is 128 Å². The molecule has 226 valence electrons. The second kappa shape index (κ2) is 14.4. The lowest BCUT2D eigenvalue weighted by atomic mass is 10.1. The van der Waals surface area contributed by atoms with E-state index in [1.807, 2.05) is 68.1 Å². The van der Waals surface area contributed by atoms with E-state index in [0.717, 1.165) is 16.6 Å². The number of alkyl halides is 2. The van der Waals surface area contributed by atoms with Gasteiger partial charge in [0, 0.05) is 40.9 Å². The molecule has 4 heterocycles. The third-order valence-electron chi connectivity index (χ3n) is 6.87. The van der Waals surface area contributed by atoms with Crippen molar-refractivity contribution < 1.29 is 9.47 Å². The highest BCUT2D eigenvalue weighted by Crippen LogP contribution is 2.43. The van der Waals surface area contributed by atoms with Crippen LogP contribution >= 0.6 is 23.2 Å². The Bertz CT molecular complexity index is 1880. The summed E-state index contributed by atoms with van der Waals surface area (Å²) in [5, 5.41) is 4.89. The fraction of sp³-hybridized carbons (Fsp3) is 0.132. The Morgan fingerprint density at radius 3 is 1.84 bits per heavy atom. The van der Waals surface area contributed by atoms with Crippen LogP contribution in [0.25, 0.3) is 32.6 Å². The van der Waals surface area contributed by atoms with Crippen LogP contribution in [0, 0.1) is 27.7 Å². The molecule has 0 atom stereocenters. The predicted octanol–water partition coefficient (Wildman–Crippen LogP) is 10.5. The second-order valence-corrected chi connectivity index (χ2v) is 11.9. The number of aryl methyl sites for hydroxylation is 4. The van der Waals surface area contributed by atoms with Crippen LogP contribution < -0.4 is 9.47 Å². The summed E-state index contributed by atoms with van der Waals surface area (Å²) >= 11 is 11.2. The monoisotopic (exact) mass is 633 g/mol. The zero-order valence-corrected chi connectivity index (χ0v) is 27.1. The molecule has 0 saturated carbocycles. The molecule has 0 fully saturated rings. The van der Waals surface area contributed by atoms with Gasteiger partial charge in [0.1, 0.15) is 0 Å². The highest BCUT2D eigenvalue weighted by molar-refractivity contribution is 6.46. The summed E-state index contributed by atoms with van der Waals surface area (Å²) in [6, 6.07) is 34.5. The van der Waals surface area contributed by atoms with E-state index < -0.39 is 4.71 Å². The fourth-order valence-electron chi connectivity index (χ4n) is 4.63. The highest BCUT2D eigenvalue weighted by Gasteiger charge is 2.37. The Balaban J connectivity index is 0.000000119. The van der Waals surface area contributed by atoms with Crippen molar-refractivity contribution in [3.05, 3.63) is 150 Å². The summed E-state index contributed by atoms with van der Waals surface area (Å²) in [6.45, 7) is 8.21. The van der Waals surface area contributed by atoms with Gasteiger partial charge in [-0.2, -0.15) is 0 Å². The number of ether oxygens (including phenoxy) is 2. The van der Waals surface area contributed by atoms with E-state index in [2.05, 4.69) is 96.4 Å². The van der Waals surface area contributed by atoms with Crippen LogP contribution in [-0.2, 0) is 0 Å². The lowest BCUT2D eigenvalue weighted by Crippen LogP contribution is -2.22. The maximum absolute atomic E-state index is 5.61.